The number of nitrogens with zero attached hydrogens (tertiary/aromatic N) is 1. The molecule has 2 heteroatoms. The van der Waals surface area contributed by atoms with Gasteiger partial charge in [-0.1, -0.05) is 48.6 Å². The summed E-state index contributed by atoms with van der Waals surface area (Å²) in [6, 6.07) is 9.95. The van der Waals surface area contributed by atoms with Gasteiger partial charge in [0, 0.05) is 6.21 Å². The first-order valence-corrected chi connectivity index (χ1v) is 5.43. The summed E-state index contributed by atoms with van der Waals surface area (Å²) in [5, 5.41) is 0. The summed E-state index contributed by atoms with van der Waals surface area (Å²) in [4.78, 5) is 4.51. The van der Waals surface area contributed by atoms with E-state index in [-0.39, 0.29) is 11.6 Å². The van der Waals surface area contributed by atoms with Crippen LogP contribution < -0.4 is 5.73 Å². The van der Waals surface area contributed by atoms with Gasteiger partial charge in [-0.05, 0) is 18.6 Å². The monoisotopic (exact) mass is 212 g/mol. The van der Waals surface area contributed by atoms with Crippen LogP contribution in [0.3, 0.4) is 0 Å². The Morgan fingerprint density at radius 2 is 1.88 bits per heavy atom. The first-order chi connectivity index (χ1) is 7.72. The van der Waals surface area contributed by atoms with Crippen LogP contribution in [-0.4, -0.2) is 11.8 Å². The molecule has 0 spiro atoms. The summed E-state index contributed by atoms with van der Waals surface area (Å²) in [6.07, 6.45) is 9.73. The van der Waals surface area contributed by atoms with Crippen LogP contribution in [0.15, 0.2) is 59.6 Å². The van der Waals surface area contributed by atoms with Crippen LogP contribution in [-0.2, 0) is 0 Å². The second kappa shape index (κ2) is 4.45. The van der Waals surface area contributed by atoms with Gasteiger partial charge in [-0.2, -0.15) is 0 Å². The SMILES string of the molecule is CC1(C(N)c2ccccc2)C=CC=CC=N1. The van der Waals surface area contributed by atoms with Gasteiger partial charge in [0.15, 0.2) is 0 Å². The average Bonchev–Trinajstić information content (AvgIpc) is 2.55. The molecule has 0 aromatic heterocycles. The fourth-order valence-electron chi connectivity index (χ4n) is 1.79. The fourth-order valence-corrected chi connectivity index (χ4v) is 1.79. The first-order valence-electron chi connectivity index (χ1n) is 5.43. The minimum atomic E-state index is -0.370. The molecule has 2 atom stereocenters. The molecule has 2 N–H and O–H groups in total. The predicted molar refractivity (Wildman–Crippen MR) is 68.5 cm³/mol. The Morgan fingerprint density at radius 1 is 1.12 bits per heavy atom. The maximum Gasteiger partial charge on any atom is 0.0954 e. The van der Waals surface area contributed by atoms with Crippen molar-refractivity contribution in [2.24, 2.45) is 10.7 Å². The second-order valence-corrected chi connectivity index (χ2v) is 4.14. The van der Waals surface area contributed by atoms with Crippen LogP contribution in [0.2, 0.25) is 0 Å². The molecule has 0 radical (unpaired) electrons. The fraction of sp³-hybridized carbons (Fsp3) is 0.214. The Balaban J connectivity index is 2.31. The van der Waals surface area contributed by atoms with Crippen LogP contribution in [0.25, 0.3) is 0 Å². The van der Waals surface area contributed by atoms with E-state index in [1.165, 1.54) is 0 Å². The quantitative estimate of drug-likeness (QED) is 0.804. The molecule has 0 amide bonds. The van der Waals surface area contributed by atoms with Crippen molar-refractivity contribution in [1.29, 1.82) is 0 Å². The standard InChI is InChI=1S/C14H16N2/c1-14(10-6-3-7-11-16-14)13(15)12-8-4-2-5-9-12/h2-11,13H,15H2,1H3. The van der Waals surface area contributed by atoms with E-state index < -0.39 is 0 Å². The third-order valence-corrected chi connectivity index (χ3v) is 2.88. The van der Waals surface area contributed by atoms with Gasteiger partial charge in [-0.25, -0.2) is 0 Å². The molecular weight excluding hydrogens is 196 g/mol. The van der Waals surface area contributed by atoms with Crippen molar-refractivity contribution in [2.45, 2.75) is 18.5 Å². The Bertz CT molecular complexity index is 413. The Labute approximate surface area is 96.2 Å². The molecule has 2 unspecified atom stereocenters. The van der Waals surface area contributed by atoms with Crippen LogP contribution in [0, 0.1) is 0 Å². The van der Waals surface area contributed by atoms with E-state index in [1.807, 2.05) is 67.8 Å². The van der Waals surface area contributed by atoms with E-state index in [2.05, 4.69) is 4.99 Å². The summed E-state index contributed by atoms with van der Waals surface area (Å²) in [5.74, 6) is 0. The van der Waals surface area contributed by atoms with Gasteiger partial charge in [0.05, 0.1) is 11.6 Å². The molecule has 0 saturated carbocycles. The first kappa shape index (κ1) is 10.8. The normalized spacial score (nSPS) is 25.4. The van der Waals surface area contributed by atoms with Gasteiger partial charge in [0.2, 0.25) is 0 Å². The van der Waals surface area contributed by atoms with Gasteiger partial charge in [0.25, 0.3) is 0 Å². The lowest BCUT2D eigenvalue weighted by molar-refractivity contribution is 0.476. The zero-order valence-electron chi connectivity index (χ0n) is 9.38. The molecule has 1 aliphatic heterocycles. The highest BCUT2D eigenvalue weighted by molar-refractivity contribution is 5.73. The highest BCUT2D eigenvalue weighted by Crippen LogP contribution is 2.29. The van der Waals surface area contributed by atoms with Crippen molar-refractivity contribution in [3.8, 4) is 0 Å². The third kappa shape index (κ3) is 2.12. The summed E-state index contributed by atoms with van der Waals surface area (Å²) in [6.45, 7) is 2.05. The van der Waals surface area contributed by atoms with Gasteiger partial charge >= 0.3 is 0 Å². The van der Waals surface area contributed by atoms with Gasteiger partial charge in [0.1, 0.15) is 0 Å². The molecule has 82 valence electrons. The molecule has 0 saturated heterocycles. The molecule has 1 heterocycles. The van der Waals surface area contributed by atoms with E-state index in [0.717, 1.165) is 5.56 Å². The summed E-state index contributed by atoms with van der Waals surface area (Å²) < 4.78 is 0. The lowest BCUT2D eigenvalue weighted by Crippen LogP contribution is -2.34. The molecule has 0 aliphatic carbocycles. The zero-order valence-corrected chi connectivity index (χ0v) is 9.38. The van der Waals surface area contributed by atoms with Crippen molar-refractivity contribution in [3.05, 3.63) is 60.2 Å². The lowest BCUT2D eigenvalue weighted by atomic mass is 9.88. The molecule has 2 rings (SSSR count). The number of rotatable bonds is 2. The van der Waals surface area contributed by atoms with Gasteiger partial charge in [-0.3, -0.25) is 4.99 Å². The number of hydrogen-bond donors (Lipinski definition) is 1. The molecular formula is C14H16N2. The van der Waals surface area contributed by atoms with Crippen LogP contribution >= 0.6 is 0 Å². The molecule has 1 aliphatic rings. The topological polar surface area (TPSA) is 38.4 Å². The number of nitrogens with two attached hydrogens (primary N) is 1. The Hall–Kier alpha value is -1.67. The minimum absolute atomic E-state index is 0.124. The third-order valence-electron chi connectivity index (χ3n) is 2.88. The van der Waals surface area contributed by atoms with Crippen molar-refractivity contribution < 1.29 is 0 Å². The zero-order chi connectivity index (χ0) is 11.4. The van der Waals surface area contributed by atoms with Crippen molar-refractivity contribution in [3.63, 3.8) is 0 Å². The maximum atomic E-state index is 6.28. The van der Waals surface area contributed by atoms with E-state index in [9.17, 15) is 0 Å². The Morgan fingerprint density at radius 3 is 2.62 bits per heavy atom. The molecule has 2 nitrogen and oxygen atoms in total. The highest BCUT2D eigenvalue weighted by atomic mass is 14.9. The minimum Gasteiger partial charge on any atom is -0.322 e. The Kier molecular flexibility index (Phi) is 3.02. The smallest absolute Gasteiger partial charge is 0.0954 e. The molecule has 1 aromatic rings. The lowest BCUT2D eigenvalue weighted by Gasteiger charge is -2.28. The van der Waals surface area contributed by atoms with Gasteiger partial charge < -0.3 is 5.73 Å². The largest absolute Gasteiger partial charge is 0.322 e. The second-order valence-electron chi connectivity index (χ2n) is 4.14. The summed E-state index contributed by atoms with van der Waals surface area (Å²) in [5.41, 5.74) is 7.02. The molecule has 0 bridgehead atoms. The summed E-state index contributed by atoms with van der Waals surface area (Å²) >= 11 is 0. The van der Waals surface area contributed by atoms with E-state index in [1.54, 1.807) is 0 Å². The molecule has 16 heavy (non-hydrogen) atoms. The van der Waals surface area contributed by atoms with E-state index in [4.69, 9.17) is 5.73 Å². The van der Waals surface area contributed by atoms with Gasteiger partial charge in [-0.15, -0.1) is 0 Å². The van der Waals surface area contributed by atoms with Crippen molar-refractivity contribution >= 4 is 6.21 Å². The molecule has 1 aromatic carbocycles. The predicted octanol–water partition coefficient (Wildman–Crippen LogP) is 2.64. The number of allylic oxidation sites excluding steroid dienone is 3. The summed E-state index contributed by atoms with van der Waals surface area (Å²) in [7, 11) is 0. The van der Waals surface area contributed by atoms with E-state index >= 15 is 0 Å². The number of hydrogen-bond acceptors (Lipinski definition) is 2. The van der Waals surface area contributed by atoms with Crippen molar-refractivity contribution in [2.75, 3.05) is 0 Å². The van der Waals surface area contributed by atoms with Crippen LogP contribution in [0.4, 0.5) is 0 Å². The van der Waals surface area contributed by atoms with Crippen molar-refractivity contribution in [1.82, 2.24) is 0 Å². The molecule has 0 fully saturated rings. The average molecular weight is 212 g/mol. The number of aliphatic imine (C=N–C) groups is 1. The van der Waals surface area contributed by atoms with E-state index in [0.29, 0.717) is 0 Å². The maximum absolute atomic E-state index is 6.28. The number of benzene rings is 1. The highest BCUT2D eigenvalue weighted by Gasteiger charge is 2.29. The van der Waals surface area contributed by atoms with Crippen LogP contribution in [0.1, 0.15) is 18.5 Å². The van der Waals surface area contributed by atoms with Crippen LogP contribution in [0.5, 0.6) is 0 Å².